The Morgan fingerprint density at radius 2 is 1.55 bits per heavy atom. The molecule has 0 spiro atoms. The SMILES string of the molecule is CC(C)C(=O)N1CCN(C(=O)Oc2ccccc2)CC1. The first kappa shape index (κ1) is 14.4. The van der Waals surface area contributed by atoms with Gasteiger partial charge in [0.15, 0.2) is 0 Å². The van der Waals surface area contributed by atoms with Crippen molar-refractivity contribution in [3.63, 3.8) is 0 Å². The molecule has 108 valence electrons. The van der Waals surface area contributed by atoms with Crippen LogP contribution in [0.2, 0.25) is 0 Å². The molecule has 1 aromatic rings. The Labute approximate surface area is 119 Å². The van der Waals surface area contributed by atoms with E-state index in [0.717, 1.165) is 0 Å². The second-order valence-corrected chi connectivity index (χ2v) is 5.15. The van der Waals surface area contributed by atoms with Crippen molar-refractivity contribution >= 4 is 12.0 Å². The van der Waals surface area contributed by atoms with Crippen LogP contribution in [0.5, 0.6) is 5.75 Å². The van der Waals surface area contributed by atoms with Crippen LogP contribution in [-0.2, 0) is 4.79 Å². The smallest absolute Gasteiger partial charge is 0.410 e. The average Bonchev–Trinajstić information content (AvgIpc) is 2.47. The van der Waals surface area contributed by atoms with Crippen molar-refractivity contribution in [1.82, 2.24) is 9.80 Å². The van der Waals surface area contributed by atoms with Gasteiger partial charge in [-0.2, -0.15) is 0 Å². The number of hydrogen-bond acceptors (Lipinski definition) is 3. The monoisotopic (exact) mass is 276 g/mol. The van der Waals surface area contributed by atoms with Gasteiger partial charge in [-0.15, -0.1) is 0 Å². The summed E-state index contributed by atoms with van der Waals surface area (Å²) in [5.41, 5.74) is 0. The van der Waals surface area contributed by atoms with Crippen LogP contribution in [0.4, 0.5) is 4.79 Å². The van der Waals surface area contributed by atoms with Crippen molar-refractivity contribution in [3.05, 3.63) is 30.3 Å². The minimum Gasteiger partial charge on any atom is -0.410 e. The molecule has 0 atom stereocenters. The summed E-state index contributed by atoms with van der Waals surface area (Å²) in [7, 11) is 0. The van der Waals surface area contributed by atoms with Crippen LogP contribution in [0.15, 0.2) is 30.3 Å². The van der Waals surface area contributed by atoms with Gasteiger partial charge < -0.3 is 14.5 Å². The van der Waals surface area contributed by atoms with E-state index in [0.29, 0.717) is 31.9 Å². The van der Waals surface area contributed by atoms with Gasteiger partial charge in [0.05, 0.1) is 0 Å². The maximum atomic E-state index is 12.0. The molecule has 5 nitrogen and oxygen atoms in total. The Kier molecular flexibility index (Phi) is 4.61. The number of amides is 2. The number of ether oxygens (including phenoxy) is 1. The van der Waals surface area contributed by atoms with Crippen LogP contribution in [0, 0.1) is 5.92 Å². The molecule has 0 aliphatic carbocycles. The van der Waals surface area contributed by atoms with E-state index in [4.69, 9.17) is 4.74 Å². The largest absolute Gasteiger partial charge is 0.415 e. The van der Waals surface area contributed by atoms with Gasteiger partial charge in [-0.25, -0.2) is 4.79 Å². The number of rotatable bonds is 2. The molecule has 0 N–H and O–H groups in total. The highest BCUT2D eigenvalue weighted by Gasteiger charge is 2.26. The van der Waals surface area contributed by atoms with Gasteiger partial charge in [0.25, 0.3) is 0 Å². The summed E-state index contributed by atoms with van der Waals surface area (Å²) in [4.78, 5) is 27.3. The highest BCUT2D eigenvalue weighted by Crippen LogP contribution is 2.12. The molecule has 2 rings (SSSR count). The Morgan fingerprint density at radius 1 is 1.00 bits per heavy atom. The first-order valence-corrected chi connectivity index (χ1v) is 6.88. The lowest BCUT2D eigenvalue weighted by molar-refractivity contribution is -0.135. The second-order valence-electron chi connectivity index (χ2n) is 5.15. The average molecular weight is 276 g/mol. The number of carbonyl (C=O) groups is 2. The molecular weight excluding hydrogens is 256 g/mol. The Balaban J connectivity index is 1.84. The molecule has 1 saturated heterocycles. The molecule has 1 fully saturated rings. The predicted molar refractivity (Wildman–Crippen MR) is 75.5 cm³/mol. The molecule has 0 radical (unpaired) electrons. The van der Waals surface area contributed by atoms with Crippen molar-refractivity contribution in [3.8, 4) is 5.75 Å². The molecule has 1 aromatic carbocycles. The summed E-state index contributed by atoms with van der Waals surface area (Å²) >= 11 is 0. The van der Waals surface area contributed by atoms with Gasteiger partial charge in [0.1, 0.15) is 5.75 Å². The Morgan fingerprint density at radius 3 is 2.10 bits per heavy atom. The molecule has 0 unspecified atom stereocenters. The molecule has 5 heteroatoms. The molecule has 0 saturated carbocycles. The summed E-state index contributed by atoms with van der Waals surface area (Å²) in [6.45, 7) is 5.95. The molecule has 1 aliphatic heterocycles. The normalized spacial score (nSPS) is 15.3. The zero-order valence-electron chi connectivity index (χ0n) is 11.9. The minimum atomic E-state index is -0.354. The van der Waals surface area contributed by atoms with Crippen LogP contribution in [0.25, 0.3) is 0 Å². The summed E-state index contributed by atoms with van der Waals surface area (Å²) in [5, 5.41) is 0. The summed E-state index contributed by atoms with van der Waals surface area (Å²) in [5.74, 6) is 0.678. The van der Waals surface area contributed by atoms with Crippen LogP contribution >= 0.6 is 0 Å². The number of para-hydroxylation sites is 1. The van der Waals surface area contributed by atoms with Crippen molar-refractivity contribution in [2.24, 2.45) is 5.92 Å². The standard InChI is InChI=1S/C15H20N2O3/c1-12(2)14(18)16-8-10-17(11-9-16)15(19)20-13-6-4-3-5-7-13/h3-7,12H,8-11H2,1-2H3. The zero-order chi connectivity index (χ0) is 14.5. The van der Waals surface area contributed by atoms with Gasteiger partial charge in [-0.3, -0.25) is 4.79 Å². The third kappa shape index (κ3) is 3.50. The van der Waals surface area contributed by atoms with E-state index < -0.39 is 0 Å². The number of piperazine rings is 1. The fraction of sp³-hybridized carbons (Fsp3) is 0.467. The van der Waals surface area contributed by atoms with E-state index >= 15 is 0 Å². The van der Waals surface area contributed by atoms with E-state index in [2.05, 4.69) is 0 Å². The Hall–Kier alpha value is -2.04. The van der Waals surface area contributed by atoms with Crippen molar-refractivity contribution in [2.45, 2.75) is 13.8 Å². The third-order valence-corrected chi connectivity index (χ3v) is 3.29. The summed E-state index contributed by atoms with van der Waals surface area (Å²) < 4.78 is 5.28. The zero-order valence-corrected chi connectivity index (χ0v) is 11.9. The van der Waals surface area contributed by atoms with E-state index in [1.54, 1.807) is 21.9 Å². The van der Waals surface area contributed by atoms with Crippen LogP contribution in [0.3, 0.4) is 0 Å². The molecule has 20 heavy (non-hydrogen) atoms. The highest BCUT2D eigenvalue weighted by atomic mass is 16.6. The molecule has 2 amide bonds. The van der Waals surface area contributed by atoms with Crippen LogP contribution in [-0.4, -0.2) is 48.0 Å². The van der Waals surface area contributed by atoms with Gasteiger partial charge in [0, 0.05) is 32.1 Å². The van der Waals surface area contributed by atoms with E-state index in [9.17, 15) is 9.59 Å². The topological polar surface area (TPSA) is 49.9 Å². The van der Waals surface area contributed by atoms with Gasteiger partial charge >= 0.3 is 6.09 Å². The lowest BCUT2D eigenvalue weighted by atomic mass is 10.1. The van der Waals surface area contributed by atoms with Gasteiger partial charge in [-0.1, -0.05) is 32.0 Å². The van der Waals surface area contributed by atoms with E-state index in [1.807, 2.05) is 32.0 Å². The first-order chi connectivity index (χ1) is 9.58. The lowest BCUT2D eigenvalue weighted by Gasteiger charge is -2.34. The van der Waals surface area contributed by atoms with E-state index in [1.165, 1.54) is 0 Å². The van der Waals surface area contributed by atoms with Crippen LogP contribution in [0.1, 0.15) is 13.8 Å². The van der Waals surface area contributed by atoms with Gasteiger partial charge in [-0.05, 0) is 12.1 Å². The molecule has 1 aliphatic rings. The second kappa shape index (κ2) is 6.41. The molecule has 0 aromatic heterocycles. The fourth-order valence-corrected chi connectivity index (χ4v) is 2.13. The maximum Gasteiger partial charge on any atom is 0.415 e. The minimum absolute atomic E-state index is 0.00202. The van der Waals surface area contributed by atoms with Crippen molar-refractivity contribution < 1.29 is 14.3 Å². The number of hydrogen-bond donors (Lipinski definition) is 0. The van der Waals surface area contributed by atoms with Gasteiger partial charge in [0.2, 0.25) is 5.91 Å². The van der Waals surface area contributed by atoms with Crippen LogP contribution < -0.4 is 4.74 Å². The third-order valence-electron chi connectivity index (χ3n) is 3.29. The summed E-state index contributed by atoms with van der Waals surface area (Å²) in [6, 6.07) is 9.00. The molecule has 1 heterocycles. The van der Waals surface area contributed by atoms with Crippen molar-refractivity contribution in [2.75, 3.05) is 26.2 Å². The number of nitrogens with zero attached hydrogens (tertiary/aromatic N) is 2. The molecule has 0 bridgehead atoms. The molecular formula is C15H20N2O3. The highest BCUT2D eigenvalue weighted by molar-refractivity contribution is 5.78. The quantitative estimate of drug-likeness (QED) is 0.830. The maximum absolute atomic E-state index is 12.0. The fourth-order valence-electron chi connectivity index (χ4n) is 2.13. The first-order valence-electron chi connectivity index (χ1n) is 6.88. The summed E-state index contributed by atoms with van der Waals surface area (Å²) in [6.07, 6.45) is -0.354. The number of benzene rings is 1. The van der Waals surface area contributed by atoms with Crippen molar-refractivity contribution in [1.29, 1.82) is 0 Å². The number of carbonyl (C=O) groups excluding carboxylic acids is 2. The lowest BCUT2D eigenvalue weighted by Crippen LogP contribution is -2.52. The predicted octanol–water partition coefficient (Wildman–Crippen LogP) is 1.99. The Bertz CT molecular complexity index is 465. The van der Waals surface area contributed by atoms with E-state index in [-0.39, 0.29) is 17.9 Å².